The molecule has 0 aromatic heterocycles. The topological polar surface area (TPSA) is 65.5 Å². The molecule has 1 aromatic carbocycles. The van der Waals surface area contributed by atoms with Crippen LogP contribution in [-0.4, -0.2) is 38.0 Å². The van der Waals surface area contributed by atoms with Crippen molar-refractivity contribution >= 4 is 51.8 Å². The predicted octanol–water partition coefficient (Wildman–Crippen LogP) is 2.37. The Morgan fingerprint density at radius 2 is 1.86 bits per heavy atom. The number of nitrogens with zero attached hydrogens (tertiary/aromatic N) is 1. The van der Waals surface area contributed by atoms with Crippen molar-refractivity contribution in [1.29, 1.82) is 0 Å². The number of carbonyl (C=O) groups excluding carboxylic acids is 1. The highest BCUT2D eigenvalue weighted by molar-refractivity contribution is 14.0. The van der Waals surface area contributed by atoms with Crippen LogP contribution in [0.5, 0.6) is 0 Å². The Bertz CT molecular complexity index is 521. The zero-order valence-corrected chi connectivity index (χ0v) is 16.6. The molecule has 0 heterocycles. The molecule has 3 N–H and O–H groups in total. The second kappa shape index (κ2) is 9.34. The number of rotatable bonds is 5. The van der Waals surface area contributed by atoms with E-state index in [9.17, 15) is 4.79 Å². The Morgan fingerprint density at radius 1 is 1.27 bits per heavy atom. The Balaban J connectivity index is 0.00000242. The number of benzene rings is 1. The standard InChI is InChI=1S/C15H21BrN4O.HI/c1-10-9-13(10)20-15(17-2)19-8-7-18-14(21)11-3-5-12(16)6-4-11;/h3-6,10,13H,7-9H2,1-2H3,(H,18,21)(H2,17,19,20);1H. The summed E-state index contributed by atoms with van der Waals surface area (Å²) in [6, 6.07) is 7.84. The number of aliphatic imine (C=N–C) groups is 1. The summed E-state index contributed by atoms with van der Waals surface area (Å²) in [7, 11) is 1.75. The minimum Gasteiger partial charge on any atom is -0.355 e. The minimum atomic E-state index is -0.0666. The number of hydrogen-bond donors (Lipinski definition) is 3. The normalized spacial score (nSPS) is 19.9. The van der Waals surface area contributed by atoms with Crippen molar-refractivity contribution in [1.82, 2.24) is 16.0 Å². The van der Waals surface area contributed by atoms with E-state index in [1.807, 2.05) is 12.1 Å². The van der Waals surface area contributed by atoms with E-state index in [0.29, 0.717) is 24.7 Å². The third kappa shape index (κ3) is 6.12. The van der Waals surface area contributed by atoms with E-state index < -0.39 is 0 Å². The van der Waals surface area contributed by atoms with E-state index in [1.54, 1.807) is 19.2 Å². The van der Waals surface area contributed by atoms with Crippen LogP contribution in [0.3, 0.4) is 0 Å². The Labute approximate surface area is 156 Å². The van der Waals surface area contributed by atoms with Crippen molar-refractivity contribution in [2.24, 2.45) is 10.9 Å². The largest absolute Gasteiger partial charge is 0.355 e. The van der Waals surface area contributed by atoms with E-state index in [4.69, 9.17) is 0 Å². The van der Waals surface area contributed by atoms with Crippen molar-refractivity contribution in [2.45, 2.75) is 19.4 Å². The molecule has 0 bridgehead atoms. The summed E-state index contributed by atoms with van der Waals surface area (Å²) in [5.41, 5.74) is 0.660. The molecule has 2 unspecified atom stereocenters. The molecule has 22 heavy (non-hydrogen) atoms. The first kappa shape index (κ1) is 19.2. The van der Waals surface area contributed by atoms with Gasteiger partial charge >= 0.3 is 0 Å². The number of nitrogens with one attached hydrogen (secondary N) is 3. The molecule has 1 aliphatic rings. The predicted molar refractivity (Wildman–Crippen MR) is 104 cm³/mol. The zero-order chi connectivity index (χ0) is 15.2. The highest BCUT2D eigenvalue weighted by Crippen LogP contribution is 2.28. The van der Waals surface area contributed by atoms with Gasteiger partial charge < -0.3 is 16.0 Å². The second-order valence-corrected chi connectivity index (χ2v) is 6.14. The van der Waals surface area contributed by atoms with Crippen molar-refractivity contribution < 1.29 is 4.79 Å². The molecule has 1 amide bonds. The summed E-state index contributed by atoms with van der Waals surface area (Å²) in [5.74, 6) is 1.45. The first-order valence-electron chi connectivity index (χ1n) is 7.11. The minimum absolute atomic E-state index is 0. The summed E-state index contributed by atoms with van der Waals surface area (Å²) in [5, 5.41) is 9.41. The lowest BCUT2D eigenvalue weighted by molar-refractivity contribution is 0.0954. The second-order valence-electron chi connectivity index (χ2n) is 5.23. The fourth-order valence-electron chi connectivity index (χ4n) is 1.95. The van der Waals surface area contributed by atoms with Crippen LogP contribution < -0.4 is 16.0 Å². The molecule has 0 aliphatic heterocycles. The van der Waals surface area contributed by atoms with Gasteiger partial charge in [-0.3, -0.25) is 9.79 Å². The first-order valence-corrected chi connectivity index (χ1v) is 7.90. The Hall–Kier alpha value is -0.830. The molecule has 1 aliphatic carbocycles. The molecule has 0 saturated heterocycles. The van der Waals surface area contributed by atoms with E-state index in [1.165, 1.54) is 6.42 Å². The smallest absolute Gasteiger partial charge is 0.251 e. The van der Waals surface area contributed by atoms with Crippen molar-refractivity contribution in [3.05, 3.63) is 34.3 Å². The molecule has 5 nitrogen and oxygen atoms in total. The third-order valence-electron chi connectivity index (χ3n) is 3.46. The van der Waals surface area contributed by atoms with Crippen molar-refractivity contribution in [3.63, 3.8) is 0 Å². The van der Waals surface area contributed by atoms with Crippen molar-refractivity contribution in [3.8, 4) is 0 Å². The summed E-state index contributed by atoms with van der Waals surface area (Å²) < 4.78 is 0.963. The highest BCUT2D eigenvalue weighted by atomic mass is 127. The van der Waals surface area contributed by atoms with Crippen LogP contribution in [0.2, 0.25) is 0 Å². The van der Waals surface area contributed by atoms with Crippen LogP contribution >= 0.6 is 39.9 Å². The molecule has 2 atom stereocenters. The van der Waals surface area contributed by atoms with E-state index in [2.05, 4.69) is 43.8 Å². The van der Waals surface area contributed by atoms with E-state index in [-0.39, 0.29) is 29.9 Å². The third-order valence-corrected chi connectivity index (χ3v) is 3.99. The highest BCUT2D eigenvalue weighted by Gasteiger charge is 2.33. The zero-order valence-electron chi connectivity index (χ0n) is 12.7. The van der Waals surface area contributed by atoms with Crippen LogP contribution in [-0.2, 0) is 0 Å². The van der Waals surface area contributed by atoms with Gasteiger partial charge in [-0.1, -0.05) is 22.9 Å². The average molecular weight is 481 g/mol. The van der Waals surface area contributed by atoms with Gasteiger partial charge in [-0.2, -0.15) is 0 Å². The molecule has 1 saturated carbocycles. The molecule has 122 valence electrons. The lowest BCUT2D eigenvalue weighted by Crippen LogP contribution is -2.42. The molecule has 1 aromatic rings. The van der Waals surface area contributed by atoms with Crippen LogP contribution in [0.1, 0.15) is 23.7 Å². The maximum Gasteiger partial charge on any atom is 0.251 e. The number of guanidine groups is 1. The molecule has 7 heteroatoms. The lowest BCUT2D eigenvalue weighted by atomic mass is 10.2. The van der Waals surface area contributed by atoms with Crippen LogP contribution in [0.4, 0.5) is 0 Å². The van der Waals surface area contributed by atoms with Gasteiger partial charge in [-0.25, -0.2) is 0 Å². The Morgan fingerprint density at radius 3 is 2.41 bits per heavy atom. The first-order chi connectivity index (χ1) is 10.1. The molecule has 0 radical (unpaired) electrons. The van der Waals surface area contributed by atoms with Crippen LogP contribution in [0.15, 0.2) is 33.7 Å². The van der Waals surface area contributed by atoms with Crippen molar-refractivity contribution in [2.75, 3.05) is 20.1 Å². The summed E-state index contributed by atoms with van der Waals surface area (Å²) in [4.78, 5) is 16.1. The van der Waals surface area contributed by atoms with E-state index in [0.717, 1.165) is 16.4 Å². The van der Waals surface area contributed by atoms with Gasteiger partial charge in [0.25, 0.3) is 5.91 Å². The lowest BCUT2D eigenvalue weighted by Gasteiger charge is -2.12. The number of hydrogen-bond acceptors (Lipinski definition) is 2. The number of carbonyl (C=O) groups is 1. The molecule has 0 spiro atoms. The Kier molecular flexibility index (Phi) is 8.16. The quantitative estimate of drug-likeness (QED) is 0.262. The molecular weight excluding hydrogens is 459 g/mol. The molecule has 2 rings (SSSR count). The average Bonchev–Trinajstić information content (AvgIpc) is 3.18. The monoisotopic (exact) mass is 480 g/mol. The van der Waals surface area contributed by atoms with E-state index >= 15 is 0 Å². The number of halogens is 2. The van der Waals surface area contributed by atoms with Gasteiger partial charge in [-0.05, 0) is 36.6 Å². The fourth-order valence-corrected chi connectivity index (χ4v) is 2.22. The molecular formula is C15H22BrIN4O. The van der Waals surface area contributed by atoms with Gasteiger partial charge in [0.05, 0.1) is 0 Å². The summed E-state index contributed by atoms with van der Waals surface area (Å²) >= 11 is 3.35. The SMILES string of the molecule is CN=C(NCCNC(=O)c1ccc(Br)cc1)NC1CC1C.I. The van der Waals surface area contributed by atoms with Crippen LogP contribution in [0.25, 0.3) is 0 Å². The maximum absolute atomic E-state index is 11.9. The van der Waals surface area contributed by atoms with Gasteiger partial charge in [0, 0.05) is 36.2 Å². The maximum atomic E-state index is 11.9. The van der Waals surface area contributed by atoms with Gasteiger partial charge in [0.1, 0.15) is 0 Å². The number of amides is 1. The van der Waals surface area contributed by atoms with Gasteiger partial charge in [0.2, 0.25) is 0 Å². The fraction of sp³-hybridized carbons (Fsp3) is 0.467. The van der Waals surface area contributed by atoms with Gasteiger partial charge in [-0.15, -0.1) is 24.0 Å². The van der Waals surface area contributed by atoms with Gasteiger partial charge in [0.15, 0.2) is 5.96 Å². The summed E-state index contributed by atoms with van der Waals surface area (Å²) in [6.07, 6.45) is 1.20. The van der Waals surface area contributed by atoms with Crippen LogP contribution in [0, 0.1) is 5.92 Å². The molecule has 1 fully saturated rings. The summed E-state index contributed by atoms with van der Waals surface area (Å²) in [6.45, 7) is 3.41.